The van der Waals surface area contributed by atoms with Gasteiger partial charge in [0.15, 0.2) is 5.76 Å². The Morgan fingerprint density at radius 2 is 1.97 bits per heavy atom. The molecule has 0 bridgehead atoms. The maximum absolute atomic E-state index is 12.5. The molecule has 3 fully saturated rings. The van der Waals surface area contributed by atoms with Crippen molar-refractivity contribution in [3.8, 4) is 0 Å². The largest absolute Gasteiger partial charge is 0.490 e. The first-order valence-corrected chi connectivity index (χ1v) is 10.8. The van der Waals surface area contributed by atoms with Gasteiger partial charge in [-0.2, -0.15) is 13.2 Å². The van der Waals surface area contributed by atoms with E-state index in [1.54, 1.807) is 17.4 Å². The predicted octanol–water partition coefficient (Wildman–Crippen LogP) is 4.16. The number of fused-ring (bicyclic) bond motifs is 1. The highest BCUT2D eigenvalue weighted by atomic mass is 32.1. The van der Waals surface area contributed by atoms with Crippen molar-refractivity contribution in [2.45, 2.75) is 50.5 Å². The van der Waals surface area contributed by atoms with Crippen LogP contribution in [0.3, 0.4) is 0 Å². The SMILES string of the molecule is Cc1ccc(C(=O)N2C[C@@H]3C[C@@H](c4nc(C5CC5)cs4)O[C@@H]3C2)o1.O=C(O)C(F)(F)F. The monoisotopic (exact) mass is 458 g/mol. The third-order valence-electron chi connectivity index (χ3n) is 5.53. The summed E-state index contributed by atoms with van der Waals surface area (Å²) in [7, 11) is 0. The van der Waals surface area contributed by atoms with Crippen LogP contribution in [-0.2, 0) is 9.53 Å². The molecule has 2 aromatic heterocycles. The average molecular weight is 458 g/mol. The van der Waals surface area contributed by atoms with Crippen LogP contribution in [0.5, 0.6) is 0 Å². The maximum Gasteiger partial charge on any atom is 0.490 e. The molecule has 0 aromatic carbocycles. The number of furan rings is 1. The number of aromatic nitrogens is 1. The molecule has 1 N–H and O–H groups in total. The minimum absolute atomic E-state index is 0.0251. The lowest BCUT2D eigenvalue weighted by atomic mass is 10.0. The fourth-order valence-electron chi connectivity index (χ4n) is 3.81. The number of carbonyl (C=O) groups excluding carboxylic acids is 1. The van der Waals surface area contributed by atoms with Crippen LogP contribution < -0.4 is 0 Å². The quantitative estimate of drug-likeness (QED) is 0.743. The molecule has 11 heteroatoms. The summed E-state index contributed by atoms with van der Waals surface area (Å²) in [5, 5.41) is 10.4. The smallest absolute Gasteiger partial charge is 0.475 e. The first kappa shape index (κ1) is 21.8. The molecule has 168 valence electrons. The first-order chi connectivity index (χ1) is 14.6. The summed E-state index contributed by atoms with van der Waals surface area (Å²) in [5.41, 5.74) is 1.25. The van der Waals surface area contributed by atoms with Crippen molar-refractivity contribution < 1.29 is 37.0 Å². The predicted molar refractivity (Wildman–Crippen MR) is 103 cm³/mol. The van der Waals surface area contributed by atoms with E-state index in [9.17, 15) is 18.0 Å². The highest BCUT2D eigenvalue weighted by Gasteiger charge is 2.45. The van der Waals surface area contributed by atoms with Crippen LogP contribution in [0, 0.1) is 12.8 Å². The number of amides is 1. The van der Waals surface area contributed by atoms with Crippen LogP contribution in [0.25, 0.3) is 0 Å². The number of ether oxygens (including phenoxy) is 1. The number of carboxylic acids is 1. The Labute approximate surface area is 179 Å². The van der Waals surface area contributed by atoms with E-state index in [1.807, 2.05) is 17.9 Å². The van der Waals surface area contributed by atoms with Gasteiger partial charge in [-0.25, -0.2) is 9.78 Å². The summed E-state index contributed by atoms with van der Waals surface area (Å²) >= 11 is 1.73. The number of alkyl halides is 3. The number of likely N-dealkylation sites (tertiary alicyclic amines) is 1. The average Bonchev–Trinajstić information content (AvgIpc) is 3.06. The van der Waals surface area contributed by atoms with Gasteiger partial charge in [-0.3, -0.25) is 4.79 Å². The number of rotatable bonds is 3. The van der Waals surface area contributed by atoms with Gasteiger partial charge in [0.2, 0.25) is 0 Å². The molecule has 1 saturated carbocycles. The molecule has 0 radical (unpaired) electrons. The lowest BCUT2D eigenvalue weighted by Crippen LogP contribution is -2.30. The lowest BCUT2D eigenvalue weighted by Gasteiger charge is -2.17. The second-order valence-electron chi connectivity index (χ2n) is 7.97. The highest BCUT2D eigenvalue weighted by Crippen LogP contribution is 2.45. The number of aryl methyl sites for hydroxylation is 1. The minimum Gasteiger partial charge on any atom is -0.475 e. The molecule has 0 spiro atoms. The topological polar surface area (TPSA) is 92.9 Å². The molecule has 2 aliphatic heterocycles. The summed E-state index contributed by atoms with van der Waals surface area (Å²) in [6.07, 6.45) is -1.32. The molecular weight excluding hydrogens is 437 g/mol. The van der Waals surface area contributed by atoms with Crippen molar-refractivity contribution in [3.63, 3.8) is 0 Å². The van der Waals surface area contributed by atoms with E-state index in [0.29, 0.717) is 24.1 Å². The van der Waals surface area contributed by atoms with E-state index in [1.165, 1.54) is 18.5 Å². The van der Waals surface area contributed by atoms with E-state index in [4.69, 9.17) is 24.0 Å². The van der Waals surface area contributed by atoms with Gasteiger partial charge < -0.3 is 19.2 Å². The Hall–Kier alpha value is -2.40. The fraction of sp³-hybridized carbons (Fsp3) is 0.550. The van der Waals surface area contributed by atoms with E-state index >= 15 is 0 Å². The van der Waals surface area contributed by atoms with Gasteiger partial charge in [0.25, 0.3) is 5.91 Å². The molecule has 1 aliphatic carbocycles. The molecule has 1 amide bonds. The Bertz CT molecular complexity index is 954. The number of carbonyl (C=O) groups is 2. The molecule has 2 saturated heterocycles. The minimum atomic E-state index is -5.08. The molecule has 31 heavy (non-hydrogen) atoms. The van der Waals surface area contributed by atoms with Crippen LogP contribution in [0.1, 0.15) is 58.3 Å². The molecule has 4 heterocycles. The van der Waals surface area contributed by atoms with Gasteiger partial charge >= 0.3 is 12.1 Å². The summed E-state index contributed by atoms with van der Waals surface area (Å²) in [6.45, 7) is 3.26. The normalized spacial score (nSPS) is 25.2. The zero-order valence-corrected chi connectivity index (χ0v) is 17.4. The van der Waals surface area contributed by atoms with E-state index in [2.05, 4.69) is 5.38 Å². The van der Waals surface area contributed by atoms with Crippen molar-refractivity contribution in [2.24, 2.45) is 5.92 Å². The number of hydrogen-bond acceptors (Lipinski definition) is 6. The Morgan fingerprint density at radius 3 is 2.52 bits per heavy atom. The van der Waals surface area contributed by atoms with Crippen molar-refractivity contribution >= 4 is 23.2 Å². The number of thiazole rings is 1. The van der Waals surface area contributed by atoms with E-state index in [-0.39, 0.29) is 18.1 Å². The number of hydrogen-bond donors (Lipinski definition) is 1. The van der Waals surface area contributed by atoms with E-state index < -0.39 is 12.1 Å². The summed E-state index contributed by atoms with van der Waals surface area (Å²) < 4.78 is 43.4. The Balaban J connectivity index is 0.000000289. The van der Waals surface area contributed by atoms with Crippen molar-refractivity contribution in [1.29, 1.82) is 0 Å². The summed E-state index contributed by atoms with van der Waals surface area (Å²) in [6, 6.07) is 3.58. The third-order valence-corrected chi connectivity index (χ3v) is 6.48. The van der Waals surface area contributed by atoms with Crippen LogP contribution in [0.2, 0.25) is 0 Å². The van der Waals surface area contributed by atoms with Gasteiger partial charge in [0.1, 0.15) is 16.9 Å². The Kier molecular flexibility index (Phi) is 5.82. The lowest BCUT2D eigenvalue weighted by molar-refractivity contribution is -0.192. The second kappa shape index (κ2) is 8.27. The Morgan fingerprint density at radius 1 is 1.26 bits per heavy atom. The fourth-order valence-corrected chi connectivity index (χ4v) is 4.76. The van der Waals surface area contributed by atoms with Gasteiger partial charge in [-0.05, 0) is 38.3 Å². The molecule has 2 aromatic rings. The molecule has 3 atom stereocenters. The van der Waals surface area contributed by atoms with Gasteiger partial charge in [0.05, 0.1) is 11.8 Å². The number of nitrogens with zero attached hydrogens (tertiary/aromatic N) is 2. The molecular formula is C20H21F3N2O5S. The van der Waals surface area contributed by atoms with E-state index in [0.717, 1.165) is 23.7 Å². The number of halogens is 3. The van der Waals surface area contributed by atoms with Gasteiger partial charge in [-0.15, -0.1) is 11.3 Å². The zero-order valence-electron chi connectivity index (χ0n) is 16.6. The van der Waals surface area contributed by atoms with Crippen molar-refractivity contribution in [1.82, 2.24) is 9.88 Å². The molecule has 5 rings (SSSR count). The molecule has 0 unspecified atom stereocenters. The molecule has 3 aliphatic rings. The zero-order chi connectivity index (χ0) is 22.3. The summed E-state index contributed by atoms with van der Waals surface area (Å²) in [4.78, 5) is 28.0. The summed E-state index contributed by atoms with van der Waals surface area (Å²) in [5.74, 6) is -0.484. The molecule has 7 nitrogen and oxygen atoms in total. The van der Waals surface area contributed by atoms with Gasteiger partial charge in [0, 0.05) is 30.3 Å². The second-order valence-corrected chi connectivity index (χ2v) is 8.86. The standard InChI is InChI=1S/C18H20N2O3S.C2HF3O2/c1-10-2-5-14(22-10)18(21)20-7-12-6-15(23-16(12)8-20)17-19-13(9-24-17)11-3-4-11;3-2(4,5)1(6)7/h2,5,9,11-12,15-16H,3-4,6-8H2,1H3;(H,6,7)/t12-,15-,16+;/m0./s1. The number of aliphatic carboxylic acids is 1. The third kappa shape index (κ3) is 4.93. The van der Waals surface area contributed by atoms with Crippen molar-refractivity contribution in [3.05, 3.63) is 39.7 Å². The van der Waals surface area contributed by atoms with Crippen LogP contribution >= 0.6 is 11.3 Å². The van der Waals surface area contributed by atoms with Crippen LogP contribution in [0.15, 0.2) is 21.9 Å². The van der Waals surface area contributed by atoms with Crippen LogP contribution in [-0.4, -0.2) is 52.2 Å². The first-order valence-electron chi connectivity index (χ1n) is 9.88. The van der Waals surface area contributed by atoms with Crippen molar-refractivity contribution in [2.75, 3.05) is 13.1 Å². The maximum atomic E-state index is 12.5. The van der Waals surface area contributed by atoms with Crippen LogP contribution in [0.4, 0.5) is 13.2 Å². The van der Waals surface area contributed by atoms with Gasteiger partial charge in [-0.1, -0.05) is 0 Å². The number of carboxylic acid groups (broad SMARTS) is 1. The highest BCUT2D eigenvalue weighted by molar-refractivity contribution is 7.09.